The molecular formula is C24H33NO3. The molecule has 1 aromatic rings. The largest absolute Gasteiger partial charge is 0.454 e. The van der Waals surface area contributed by atoms with Crippen molar-refractivity contribution in [1.29, 1.82) is 0 Å². The molecule has 0 spiro atoms. The van der Waals surface area contributed by atoms with Gasteiger partial charge in [0, 0.05) is 12.6 Å². The van der Waals surface area contributed by atoms with Gasteiger partial charge in [0.15, 0.2) is 11.5 Å². The van der Waals surface area contributed by atoms with Crippen molar-refractivity contribution in [2.45, 2.75) is 52.4 Å². The Bertz CT molecular complexity index is 689. The van der Waals surface area contributed by atoms with E-state index in [0.29, 0.717) is 0 Å². The molecule has 2 rings (SSSR count). The third kappa shape index (κ3) is 8.94. The van der Waals surface area contributed by atoms with Gasteiger partial charge in [0.1, 0.15) is 0 Å². The highest BCUT2D eigenvalue weighted by molar-refractivity contribution is 5.87. The number of carbonyl (C=O) groups excluding carboxylic acids is 1. The minimum absolute atomic E-state index is 0.0560. The van der Waals surface area contributed by atoms with Gasteiger partial charge >= 0.3 is 0 Å². The summed E-state index contributed by atoms with van der Waals surface area (Å²) in [6, 6.07) is 5.77. The molecule has 0 saturated carbocycles. The van der Waals surface area contributed by atoms with Crippen molar-refractivity contribution in [3.63, 3.8) is 0 Å². The molecule has 0 bridgehead atoms. The Labute approximate surface area is 169 Å². The summed E-state index contributed by atoms with van der Waals surface area (Å²) in [6.07, 6.45) is 18.6. The van der Waals surface area contributed by atoms with E-state index in [0.717, 1.165) is 48.8 Å². The fourth-order valence-electron chi connectivity index (χ4n) is 2.86. The summed E-state index contributed by atoms with van der Waals surface area (Å²) in [5, 5.41) is 2.92. The second-order valence-corrected chi connectivity index (χ2v) is 7.41. The molecule has 0 fully saturated rings. The summed E-state index contributed by atoms with van der Waals surface area (Å²) in [5.41, 5.74) is 1.01. The van der Waals surface area contributed by atoms with Crippen LogP contribution in [0.1, 0.15) is 57.9 Å². The molecule has 0 saturated heterocycles. The molecule has 1 aliphatic heterocycles. The molecule has 0 unspecified atom stereocenters. The third-order valence-electron chi connectivity index (χ3n) is 4.46. The van der Waals surface area contributed by atoms with Crippen molar-refractivity contribution in [2.24, 2.45) is 5.92 Å². The maximum Gasteiger partial charge on any atom is 0.243 e. The molecule has 1 amide bonds. The first kappa shape index (κ1) is 21.8. The lowest BCUT2D eigenvalue weighted by Crippen LogP contribution is -2.21. The van der Waals surface area contributed by atoms with Gasteiger partial charge in [0.2, 0.25) is 12.7 Å². The van der Waals surface area contributed by atoms with E-state index in [1.54, 1.807) is 12.2 Å². The lowest BCUT2D eigenvalue weighted by molar-refractivity contribution is -0.116. The molecule has 4 nitrogen and oxygen atoms in total. The van der Waals surface area contributed by atoms with Crippen LogP contribution in [0.15, 0.2) is 48.6 Å². The Morgan fingerprint density at radius 2 is 1.86 bits per heavy atom. The third-order valence-corrected chi connectivity index (χ3v) is 4.46. The Morgan fingerprint density at radius 1 is 1.07 bits per heavy atom. The van der Waals surface area contributed by atoms with Crippen LogP contribution in [0.5, 0.6) is 11.5 Å². The Morgan fingerprint density at radius 3 is 2.68 bits per heavy atom. The molecule has 1 heterocycles. The molecule has 152 valence electrons. The van der Waals surface area contributed by atoms with Gasteiger partial charge in [-0.1, -0.05) is 56.7 Å². The van der Waals surface area contributed by atoms with E-state index in [1.165, 1.54) is 19.3 Å². The van der Waals surface area contributed by atoms with Crippen molar-refractivity contribution in [2.75, 3.05) is 13.3 Å². The van der Waals surface area contributed by atoms with Gasteiger partial charge in [0.25, 0.3) is 0 Å². The summed E-state index contributed by atoms with van der Waals surface area (Å²) in [4.78, 5) is 11.8. The van der Waals surface area contributed by atoms with Gasteiger partial charge in [-0.15, -0.1) is 0 Å². The molecular weight excluding hydrogens is 350 g/mol. The number of amides is 1. The van der Waals surface area contributed by atoms with Crippen LogP contribution in [0, 0.1) is 5.92 Å². The van der Waals surface area contributed by atoms with E-state index >= 15 is 0 Å². The van der Waals surface area contributed by atoms with Crippen LogP contribution in [0.2, 0.25) is 0 Å². The van der Waals surface area contributed by atoms with Crippen LogP contribution in [0.3, 0.4) is 0 Å². The average molecular weight is 384 g/mol. The standard InChI is InChI=1S/C24H33NO3/c1-20(2)12-8-6-4-3-5-7-11-17-25-24(26)14-10-9-13-21-15-16-22-23(18-21)28-19-27-22/h3-4,9-10,13-16,18,20H,5-8,11-12,17,19H2,1-2H3,(H,25,26)/b4-3+,13-9-,14-10+. The molecule has 0 aliphatic carbocycles. The fourth-order valence-corrected chi connectivity index (χ4v) is 2.86. The van der Waals surface area contributed by atoms with Crippen LogP contribution in [-0.2, 0) is 4.79 Å². The van der Waals surface area contributed by atoms with Crippen LogP contribution >= 0.6 is 0 Å². The van der Waals surface area contributed by atoms with Crippen molar-refractivity contribution in [3.05, 3.63) is 54.1 Å². The van der Waals surface area contributed by atoms with Gasteiger partial charge in [-0.2, -0.15) is 0 Å². The molecule has 0 radical (unpaired) electrons. The van der Waals surface area contributed by atoms with Gasteiger partial charge in [-0.3, -0.25) is 4.79 Å². The normalized spacial score (nSPS) is 13.4. The zero-order valence-corrected chi connectivity index (χ0v) is 17.2. The summed E-state index contributed by atoms with van der Waals surface area (Å²) >= 11 is 0. The highest BCUT2D eigenvalue weighted by Gasteiger charge is 2.11. The number of carbonyl (C=O) groups is 1. The first-order chi connectivity index (χ1) is 13.6. The van der Waals surface area contributed by atoms with Crippen LogP contribution in [0.4, 0.5) is 0 Å². The highest BCUT2D eigenvalue weighted by atomic mass is 16.7. The Balaban J connectivity index is 1.52. The van der Waals surface area contributed by atoms with Gasteiger partial charge < -0.3 is 14.8 Å². The number of ether oxygens (including phenoxy) is 2. The van der Waals surface area contributed by atoms with E-state index in [2.05, 4.69) is 31.3 Å². The van der Waals surface area contributed by atoms with Gasteiger partial charge in [-0.25, -0.2) is 0 Å². The lowest BCUT2D eigenvalue weighted by Gasteiger charge is -2.01. The molecule has 1 aromatic carbocycles. The number of allylic oxidation sites excluding steroid dienone is 4. The zero-order valence-electron chi connectivity index (χ0n) is 17.2. The summed E-state index contributed by atoms with van der Waals surface area (Å²) < 4.78 is 10.6. The maximum absolute atomic E-state index is 11.8. The topological polar surface area (TPSA) is 47.6 Å². The molecule has 4 heteroatoms. The molecule has 28 heavy (non-hydrogen) atoms. The monoisotopic (exact) mass is 383 g/mol. The van der Waals surface area contributed by atoms with Crippen molar-refractivity contribution >= 4 is 12.0 Å². The highest BCUT2D eigenvalue weighted by Crippen LogP contribution is 2.32. The van der Waals surface area contributed by atoms with E-state index in [1.807, 2.05) is 30.4 Å². The van der Waals surface area contributed by atoms with Crippen molar-refractivity contribution in [3.8, 4) is 11.5 Å². The predicted molar refractivity (Wildman–Crippen MR) is 115 cm³/mol. The van der Waals surface area contributed by atoms with E-state index in [9.17, 15) is 4.79 Å². The number of benzene rings is 1. The fraction of sp³-hybridized carbons (Fsp3) is 0.458. The second-order valence-electron chi connectivity index (χ2n) is 7.41. The number of fused-ring (bicyclic) bond motifs is 1. The maximum atomic E-state index is 11.8. The number of unbranched alkanes of at least 4 members (excludes halogenated alkanes) is 3. The molecule has 1 aliphatic rings. The molecule has 0 atom stereocenters. The van der Waals surface area contributed by atoms with E-state index in [4.69, 9.17) is 9.47 Å². The summed E-state index contributed by atoms with van der Waals surface area (Å²) in [7, 11) is 0. The lowest BCUT2D eigenvalue weighted by atomic mass is 10.1. The first-order valence-electron chi connectivity index (χ1n) is 10.3. The van der Waals surface area contributed by atoms with Crippen LogP contribution in [-0.4, -0.2) is 19.2 Å². The quantitative estimate of drug-likeness (QED) is 0.219. The summed E-state index contributed by atoms with van der Waals surface area (Å²) in [6.45, 7) is 5.53. The number of hydrogen-bond donors (Lipinski definition) is 1. The molecule has 0 aromatic heterocycles. The van der Waals surface area contributed by atoms with Crippen LogP contribution < -0.4 is 14.8 Å². The minimum Gasteiger partial charge on any atom is -0.454 e. The zero-order chi connectivity index (χ0) is 20.0. The Hall–Kier alpha value is -2.49. The van der Waals surface area contributed by atoms with E-state index in [-0.39, 0.29) is 12.7 Å². The van der Waals surface area contributed by atoms with Crippen molar-refractivity contribution in [1.82, 2.24) is 5.32 Å². The van der Waals surface area contributed by atoms with E-state index < -0.39 is 0 Å². The number of hydrogen-bond acceptors (Lipinski definition) is 3. The average Bonchev–Trinajstić information content (AvgIpc) is 3.14. The smallest absolute Gasteiger partial charge is 0.243 e. The first-order valence-corrected chi connectivity index (χ1v) is 10.3. The Kier molecular flexibility index (Phi) is 9.98. The van der Waals surface area contributed by atoms with Gasteiger partial charge in [0.05, 0.1) is 0 Å². The van der Waals surface area contributed by atoms with Crippen LogP contribution in [0.25, 0.3) is 6.08 Å². The number of rotatable bonds is 12. The SMILES string of the molecule is CC(C)CCC/C=C/CCCCNC(=O)/C=C/C=C\c1ccc2c(c1)OCO2. The molecule has 1 N–H and O–H groups in total. The van der Waals surface area contributed by atoms with Crippen molar-refractivity contribution < 1.29 is 14.3 Å². The second kappa shape index (κ2) is 12.8. The minimum atomic E-state index is -0.0560. The van der Waals surface area contributed by atoms with Gasteiger partial charge in [-0.05, 0) is 55.7 Å². The predicted octanol–water partition coefficient (Wildman–Crippen LogP) is 5.65. The summed E-state index contributed by atoms with van der Waals surface area (Å²) in [5.74, 6) is 2.27. The number of nitrogens with one attached hydrogen (secondary N) is 1.